The van der Waals surface area contributed by atoms with Crippen LogP contribution >= 0.6 is 0 Å². The summed E-state index contributed by atoms with van der Waals surface area (Å²) < 4.78 is 77.7. The molecule has 2 aromatic carbocycles. The van der Waals surface area contributed by atoms with Gasteiger partial charge >= 0.3 is 12.5 Å². The van der Waals surface area contributed by atoms with Crippen LogP contribution in [0.5, 0.6) is 5.75 Å². The number of halogens is 5. The summed E-state index contributed by atoms with van der Waals surface area (Å²) in [6.07, 6.45) is -6.80. The predicted molar refractivity (Wildman–Crippen MR) is 120 cm³/mol. The SMILES string of the molecule is CC(OC(F)(F)c1nnc2ccc(-c3ccc(OC(F)(F)F)cc3)cn12)c1cnc2ccccc2c1. The maximum atomic E-state index is 15.2. The summed E-state index contributed by atoms with van der Waals surface area (Å²) in [7, 11) is 0. The van der Waals surface area contributed by atoms with Gasteiger partial charge in [-0.2, -0.15) is 8.78 Å². The number of rotatable bonds is 6. The molecule has 0 saturated heterocycles. The van der Waals surface area contributed by atoms with Gasteiger partial charge in [0.05, 0.1) is 11.6 Å². The Bertz CT molecular complexity index is 1530. The van der Waals surface area contributed by atoms with Gasteiger partial charge in [0, 0.05) is 17.8 Å². The molecule has 0 aliphatic heterocycles. The lowest BCUT2D eigenvalue weighted by Crippen LogP contribution is -2.23. The minimum absolute atomic E-state index is 0.147. The third kappa shape index (κ3) is 4.82. The fourth-order valence-electron chi connectivity index (χ4n) is 3.76. The van der Waals surface area contributed by atoms with Crippen LogP contribution in [0.25, 0.3) is 27.7 Å². The molecule has 0 spiro atoms. The van der Waals surface area contributed by atoms with E-state index >= 15 is 8.78 Å². The first-order valence-corrected chi connectivity index (χ1v) is 10.7. The van der Waals surface area contributed by atoms with Crippen LogP contribution in [-0.4, -0.2) is 25.9 Å². The van der Waals surface area contributed by atoms with Crippen molar-refractivity contribution in [3.8, 4) is 16.9 Å². The molecule has 3 heterocycles. The highest BCUT2D eigenvalue weighted by atomic mass is 19.4. The molecule has 6 nitrogen and oxygen atoms in total. The highest BCUT2D eigenvalue weighted by Crippen LogP contribution is 2.35. The van der Waals surface area contributed by atoms with Crippen LogP contribution in [0.2, 0.25) is 0 Å². The normalized spacial score (nSPS) is 13.3. The summed E-state index contributed by atoms with van der Waals surface area (Å²) in [6.45, 7) is 1.49. The molecule has 0 radical (unpaired) electrons. The van der Waals surface area contributed by atoms with Gasteiger partial charge in [0.15, 0.2) is 5.65 Å². The summed E-state index contributed by atoms with van der Waals surface area (Å²) in [4.78, 5) is 4.29. The number of ether oxygens (including phenoxy) is 2. The molecular weight excluding hydrogens is 483 g/mol. The van der Waals surface area contributed by atoms with Crippen LogP contribution in [0, 0.1) is 0 Å². The van der Waals surface area contributed by atoms with E-state index in [1.807, 2.05) is 24.3 Å². The standard InChI is InChI=1S/C25H17F5N4O2/c1-15(19-12-17-4-2-3-5-21(17)31-13-19)35-24(26,27)23-33-32-22-11-8-18(14-34(22)23)16-6-9-20(10-7-16)36-25(28,29)30/h2-15H,1H3. The van der Waals surface area contributed by atoms with Crippen LogP contribution in [0.4, 0.5) is 22.0 Å². The van der Waals surface area contributed by atoms with E-state index in [9.17, 15) is 13.2 Å². The van der Waals surface area contributed by atoms with Gasteiger partial charge in [-0.1, -0.05) is 30.3 Å². The Morgan fingerprint density at radius 3 is 2.33 bits per heavy atom. The number of hydrogen-bond acceptors (Lipinski definition) is 5. The lowest BCUT2D eigenvalue weighted by molar-refractivity contribution is -0.277. The number of alkyl halides is 5. The van der Waals surface area contributed by atoms with Crippen molar-refractivity contribution in [3.63, 3.8) is 0 Å². The van der Waals surface area contributed by atoms with Gasteiger partial charge in [-0.15, -0.1) is 23.4 Å². The zero-order valence-corrected chi connectivity index (χ0v) is 18.6. The Morgan fingerprint density at radius 2 is 1.58 bits per heavy atom. The second kappa shape index (κ2) is 8.83. The van der Waals surface area contributed by atoms with Crippen LogP contribution in [0.3, 0.4) is 0 Å². The molecule has 36 heavy (non-hydrogen) atoms. The highest BCUT2D eigenvalue weighted by Gasteiger charge is 2.41. The molecule has 0 fully saturated rings. The van der Waals surface area contributed by atoms with Crippen LogP contribution in [-0.2, 0) is 10.8 Å². The molecule has 0 aliphatic rings. The van der Waals surface area contributed by atoms with Crippen molar-refractivity contribution >= 4 is 16.6 Å². The predicted octanol–water partition coefficient (Wildman–Crippen LogP) is 6.67. The van der Waals surface area contributed by atoms with E-state index in [1.54, 1.807) is 12.1 Å². The first-order valence-electron chi connectivity index (χ1n) is 10.7. The largest absolute Gasteiger partial charge is 0.573 e. The maximum absolute atomic E-state index is 15.2. The Balaban J connectivity index is 1.42. The monoisotopic (exact) mass is 500 g/mol. The lowest BCUT2D eigenvalue weighted by Gasteiger charge is -2.21. The number of nitrogens with zero attached hydrogens (tertiary/aromatic N) is 4. The Labute approximate surface area is 200 Å². The van der Waals surface area contributed by atoms with Crippen LogP contribution in [0.15, 0.2) is 79.1 Å². The molecular formula is C25H17F5N4O2. The van der Waals surface area contributed by atoms with Gasteiger partial charge in [0.1, 0.15) is 5.75 Å². The average molecular weight is 500 g/mol. The molecule has 0 aliphatic carbocycles. The second-order valence-electron chi connectivity index (χ2n) is 7.98. The Kier molecular flexibility index (Phi) is 5.79. The fourth-order valence-corrected chi connectivity index (χ4v) is 3.76. The first-order chi connectivity index (χ1) is 17.1. The van der Waals surface area contributed by atoms with Crippen molar-refractivity contribution in [2.45, 2.75) is 25.5 Å². The van der Waals surface area contributed by atoms with Crippen molar-refractivity contribution in [3.05, 3.63) is 90.5 Å². The zero-order chi connectivity index (χ0) is 25.5. The van der Waals surface area contributed by atoms with E-state index in [2.05, 4.69) is 19.9 Å². The highest BCUT2D eigenvalue weighted by molar-refractivity contribution is 5.78. The van der Waals surface area contributed by atoms with Gasteiger partial charge in [-0.25, -0.2) is 0 Å². The Morgan fingerprint density at radius 1 is 0.861 bits per heavy atom. The summed E-state index contributed by atoms with van der Waals surface area (Å²) in [5.74, 6) is -1.13. The molecule has 5 aromatic rings. The van der Waals surface area contributed by atoms with Crippen molar-refractivity contribution in [1.29, 1.82) is 0 Å². The number of benzene rings is 2. The molecule has 5 rings (SSSR count). The molecule has 184 valence electrons. The lowest BCUT2D eigenvalue weighted by atomic mass is 10.1. The number of fused-ring (bicyclic) bond motifs is 2. The number of aromatic nitrogens is 4. The number of hydrogen-bond donors (Lipinski definition) is 0. The smallest absolute Gasteiger partial charge is 0.406 e. The van der Waals surface area contributed by atoms with Crippen LogP contribution < -0.4 is 4.74 Å². The number of para-hydroxylation sites is 1. The van der Waals surface area contributed by atoms with Crippen molar-refractivity contribution in [2.75, 3.05) is 0 Å². The first kappa shape index (κ1) is 23.6. The summed E-state index contributed by atoms with van der Waals surface area (Å²) in [5, 5.41) is 8.21. The van der Waals surface area contributed by atoms with Gasteiger partial charge in [-0.05, 0) is 60.0 Å². The van der Waals surface area contributed by atoms with Gasteiger partial charge in [0.25, 0.3) is 0 Å². The third-order valence-corrected chi connectivity index (χ3v) is 5.49. The average Bonchev–Trinajstić information content (AvgIpc) is 3.27. The van der Waals surface area contributed by atoms with Gasteiger partial charge in [-0.3, -0.25) is 9.38 Å². The third-order valence-electron chi connectivity index (χ3n) is 5.49. The van der Waals surface area contributed by atoms with Crippen molar-refractivity contribution in [2.24, 2.45) is 0 Å². The van der Waals surface area contributed by atoms with E-state index in [0.29, 0.717) is 16.7 Å². The van der Waals surface area contributed by atoms with E-state index in [4.69, 9.17) is 4.74 Å². The minimum Gasteiger partial charge on any atom is -0.406 e. The van der Waals surface area contributed by atoms with Crippen molar-refractivity contribution < 1.29 is 31.4 Å². The minimum atomic E-state index is -4.82. The van der Waals surface area contributed by atoms with Crippen LogP contribution in [0.1, 0.15) is 24.4 Å². The van der Waals surface area contributed by atoms with E-state index in [-0.39, 0.29) is 5.65 Å². The molecule has 3 aromatic heterocycles. The van der Waals surface area contributed by atoms with Crippen molar-refractivity contribution in [1.82, 2.24) is 19.6 Å². The molecule has 0 bridgehead atoms. The van der Waals surface area contributed by atoms with Gasteiger partial charge < -0.3 is 9.47 Å². The molecule has 1 unspecified atom stereocenters. The second-order valence-corrected chi connectivity index (χ2v) is 7.98. The fraction of sp³-hybridized carbons (Fsp3) is 0.160. The topological polar surface area (TPSA) is 61.5 Å². The summed E-state index contributed by atoms with van der Waals surface area (Å²) in [6, 6.07) is 17.1. The van der Waals surface area contributed by atoms with E-state index in [0.717, 1.165) is 27.4 Å². The maximum Gasteiger partial charge on any atom is 0.573 e. The molecule has 0 N–H and O–H groups in total. The summed E-state index contributed by atoms with van der Waals surface area (Å²) >= 11 is 0. The summed E-state index contributed by atoms with van der Waals surface area (Å²) in [5.41, 5.74) is 2.27. The van der Waals surface area contributed by atoms with E-state index < -0.39 is 30.1 Å². The quantitative estimate of drug-likeness (QED) is 0.244. The molecule has 11 heteroatoms. The molecule has 1 atom stereocenters. The van der Waals surface area contributed by atoms with Gasteiger partial charge in [0.2, 0.25) is 5.82 Å². The number of pyridine rings is 2. The van der Waals surface area contributed by atoms with E-state index in [1.165, 1.54) is 37.5 Å². The Hall–Kier alpha value is -4.12. The zero-order valence-electron chi connectivity index (χ0n) is 18.6. The molecule has 0 amide bonds. The molecule has 0 saturated carbocycles.